The molecule has 1 atom stereocenters. The number of nitrogens with one attached hydrogen (secondary N) is 2. The van der Waals surface area contributed by atoms with Gasteiger partial charge in [0.15, 0.2) is 5.96 Å². The minimum absolute atomic E-state index is 0. The Kier molecular flexibility index (Phi) is 8.38. The number of rotatable bonds is 6. The first-order valence-corrected chi connectivity index (χ1v) is 10.5. The van der Waals surface area contributed by atoms with Crippen LogP contribution < -0.4 is 25.0 Å². The molecule has 2 heterocycles. The average Bonchev–Trinajstić information content (AvgIpc) is 3.30. The Balaban J connectivity index is 0.00000289. The number of benzene rings is 2. The van der Waals surface area contributed by atoms with Crippen molar-refractivity contribution in [3.05, 3.63) is 60.4 Å². The van der Waals surface area contributed by atoms with Gasteiger partial charge in [0.1, 0.15) is 11.5 Å². The molecule has 1 aliphatic heterocycles. The highest BCUT2D eigenvalue weighted by Gasteiger charge is 2.24. The van der Waals surface area contributed by atoms with E-state index in [1.165, 1.54) is 5.39 Å². The zero-order valence-electron chi connectivity index (χ0n) is 18.7. The Bertz CT molecular complexity index is 1050. The van der Waals surface area contributed by atoms with E-state index in [9.17, 15) is 0 Å². The fraction of sp³-hybridized carbons (Fsp3) is 0.333. The highest BCUT2D eigenvalue weighted by atomic mass is 127. The molecular formula is C24H30IN5O2. The molecule has 1 saturated heterocycles. The van der Waals surface area contributed by atoms with Gasteiger partial charge in [0.05, 0.1) is 26.5 Å². The molecule has 1 unspecified atom stereocenters. The van der Waals surface area contributed by atoms with Gasteiger partial charge < -0.3 is 25.0 Å². The van der Waals surface area contributed by atoms with Crippen LogP contribution in [0.2, 0.25) is 0 Å². The van der Waals surface area contributed by atoms with Gasteiger partial charge in [-0.15, -0.1) is 24.0 Å². The van der Waals surface area contributed by atoms with E-state index in [4.69, 9.17) is 9.47 Å². The van der Waals surface area contributed by atoms with Gasteiger partial charge in [-0.2, -0.15) is 0 Å². The molecule has 0 amide bonds. The number of fused-ring (bicyclic) bond motifs is 1. The van der Waals surface area contributed by atoms with E-state index in [0.717, 1.165) is 53.7 Å². The quantitative estimate of drug-likeness (QED) is 0.278. The molecule has 0 spiro atoms. The van der Waals surface area contributed by atoms with Crippen LogP contribution in [0.25, 0.3) is 10.8 Å². The first kappa shape index (κ1) is 23.9. The van der Waals surface area contributed by atoms with Crippen molar-refractivity contribution in [3.63, 3.8) is 0 Å². The highest BCUT2D eigenvalue weighted by molar-refractivity contribution is 14.0. The summed E-state index contributed by atoms with van der Waals surface area (Å²) < 4.78 is 10.8. The van der Waals surface area contributed by atoms with Crippen LogP contribution in [0.15, 0.2) is 59.7 Å². The second kappa shape index (κ2) is 11.2. The van der Waals surface area contributed by atoms with Crippen LogP contribution in [-0.4, -0.2) is 51.3 Å². The van der Waals surface area contributed by atoms with Crippen molar-refractivity contribution >= 4 is 46.4 Å². The second-order valence-corrected chi connectivity index (χ2v) is 7.55. The smallest absolute Gasteiger partial charge is 0.191 e. The van der Waals surface area contributed by atoms with Crippen molar-refractivity contribution in [2.45, 2.75) is 19.0 Å². The molecule has 1 aromatic heterocycles. The van der Waals surface area contributed by atoms with E-state index in [1.54, 1.807) is 21.3 Å². The fourth-order valence-electron chi connectivity index (χ4n) is 3.97. The fourth-order valence-corrected chi connectivity index (χ4v) is 3.97. The maximum atomic E-state index is 5.41. The van der Waals surface area contributed by atoms with Gasteiger partial charge in [0.2, 0.25) is 0 Å². The summed E-state index contributed by atoms with van der Waals surface area (Å²) in [5.41, 5.74) is 2.11. The van der Waals surface area contributed by atoms with Crippen molar-refractivity contribution in [2.24, 2.45) is 4.99 Å². The van der Waals surface area contributed by atoms with Crippen LogP contribution in [0.4, 0.5) is 5.69 Å². The molecule has 0 aliphatic carbocycles. The number of anilines is 1. The summed E-state index contributed by atoms with van der Waals surface area (Å²) in [7, 11) is 5.15. The summed E-state index contributed by atoms with van der Waals surface area (Å²) in [6.45, 7) is 2.45. The van der Waals surface area contributed by atoms with Gasteiger partial charge in [-0.05, 0) is 17.9 Å². The monoisotopic (exact) mass is 547 g/mol. The third-order valence-corrected chi connectivity index (χ3v) is 5.63. The number of aliphatic imine (C=N–C) groups is 1. The largest absolute Gasteiger partial charge is 0.497 e. The molecule has 2 N–H and O–H groups in total. The van der Waals surface area contributed by atoms with E-state index in [-0.39, 0.29) is 24.0 Å². The average molecular weight is 547 g/mol. The summed E-state index contributed by atoms with van der Waals surface area (Å²) in [5, 5.41) is 9.31. The lowest BCUT2D eigenvalue weighted by atomic mass is 10.1. The summed E-state index contributed by atoms with van der Waals surface area (Å²) in [5.74, 6) is 2.38. The number of hydrogen-bond acceptors (Lipinski definition) is 5. The molecule has 1 fully saturated rings. The number of nitrogens with zero attached hydrogens (tertiary/aromatic N) is 3. The van der Waals surface area contributed by atoms with Crippen LogP contribution in [0.3, 0.4) is 0 Å². The van der Waals surface area contributed by atoms with E-state index in [1.807, 2.05) is 42.6 Å². The zero-order valence-corrected chi connectivity index (χ0v) is 21.0. The van der Waals surface area contributed by atoms with Gasteiger partial charge in [-0.3, -0.25) is 9.98 Å². The summed E-state index contributed by atoms with van der Waals surface area (Å²) in [6, 6.07) is 16.6. The molecule has 0 radical (unpaired) electrons. The molecule has 7 nitrogen and oxygen atoms in total. The maximum absolute atomic E-state index is 5.41. The Morgan fingerprint density at radius 3 is 2.59 bits per heavy atom. The summed E-state index contributed by atoms with van der Waals surface area (Å²) in [4.78, 5) is 11.3. The van der Waals surface area contributed by atoms with E-state index in [0.29, 0.717) is 12.6 Å². The number of aromatic nitrogens is 1. The topological polar surface area (TPSA) is 71.0 Å². The van der Waals surface area contributed by atoms with Crippen molar-refractivity contribution in [2.75, 3.05) is 39.3 Å². The van der Waals surface area contributed by atoms with Gasteiger partial charge in [0.25, 0.3) is 0 Å². The lowest BCUT2D eigenvalue weighted by molar-refractivity contribution is 0.394. The van der Waals surface area contributed by atoms with Gasteiger partial charge >= 0.3 is 0 Å². The lowest BCUT2D eigenvalue weighted by Gasteiger charge is -2.21. The molecule has 0 bridgehead atoms. The van der Waals surface area contributed by atoms with E-state index in [2.05, 4.69) is 37.6 Å². The number of ether oxygens (including phenoxy) is 2. The molecule has 2 aromatic carbocycles. The Labute approximate surface area is 206 Å². The third kappa shape index (κ3) is 5.53. The number of hydrogen-bond donors (Lipinski definition) is 2. The van der Waals surface area contributed by atoms with Crippen LogP contribution in [0.1, 0.15) is 12.1 Å². The predicted octanol–water partition coefficient (Wildman–Crippen LogP) is 3.81. The zero-order chi connectivity index (χ0) is 21.6. The number of methoxy groups -OCH3 is 2. The number of guanidine groups is 1. The lowest BCUT2D eigenvalue weighted by Crippen LogP contribution is -2.44. The summed E-state index contributed by atoms with van der Waals surface area (Å²) >= 11 is 0. The number of halogens is 1. The molecule has 3 aromatic rings. The van der Waals surface area contributed by atoms with Gasteiger partial charge in [-0.25, -0.2) is 0 Å². The van der Waals surface area contributed by atoms with Crippen molar-refractivity contribution in [3.8, 4) is 11.5 Å². The van der Waals surface area contributed by atoms with Crippen LogP contribution in [0, 0.1) is 0 Å². The standard InChI is InChI=1S/C24H29N5O2.HI/c1-25-24(27-15-23-22-7-5-4-6-17(22)8-10-26-23)28-18-9-11-29(16-18)19-12-20(30-2)14-21(13-19)31-3;/h4-8,10,12-14,18H,9,11,15-16H2,1-3H3,(H2,25,27,28);1H. The SMILES string of the molecule is CN=C(NCc1nccc2ccccc12)NC1CCN(c2cc(OC)cc(OC)c2)C1.I. The van der Waals surface area contributed by atoms with Crippen molar-refractivity contribution < 1.29 is 9.47 Å². The molecule has 170 valence electrons. The third-order valence-electron chi connectivity index (χ3n) is 5.63. The molecule has 1 aliphatic rings. The molecular weight excluding hydrogens is 517 g/mol. The second-order valence-electron chi connectivity index (χ2n) is 7.55. The molecule has 4 rings (SSSR count). The normalized spacial score (nSPS) is 15.9. The molecule has 32 heavy (non-hydrogen) atoms. The van der Waals surface area contributed by atoms with Crippen molar-refractivity contribution in [1.82, 2.24) is 15.6 Å². The minimum atomic E-state index is 0. The van der Waals surface area contributed by atoms with Crippen LogP contribution >= 0.6 is 24.0 Å². The Hall–Kier alpha value is -2.75. The van der Waals surface area contributed by atoms with Crippen LogP contribution in [0.5, 0.6) is 11.5 Å². The maximum Gasteiger partial charge on any atom is 0.191 e. The van der Waals surface area contributed by atoms with Crippen molar-refractivity contribution in [1.29, 1.82) is 0 Å². The Morgan fingerprint density at radius 2 is 1.88 bits per heavy atom. The first-order chi connectivity index (χ1) is 15.2. The molecule has 8 heteroatoms. The van der Waals surface area contributed by atoms with Gasteiger partial charge in [-0.1, -0.05) is 24.3 Å². The van der Waals surface area contributed by atoms with Crippen LogP contribution in [-0.2, 0) is 6.54 Å². The number of pyridine rings is 1. The van der Waals surface area contributed by atoms with E-state index < -0.39 is 0 Å². The first-order valence-electron chi connectivity index (χ1n) is 10.5. The van der Waals surface area contributed by atoms with Gasteiger partial charge in [0, 0.05) is 61.6 Å². The predicted molar refractivity (Wildman–Crippen MR) is 141 cm³/mol. The highest BCUT2D eigenvalue weighted by Crippen LogP contribution is 2.30. The minimum Gasteiger partial charge on any atom is -0.497 e. The summed E-state index contributed by atoms with van der Waals surface area (Å²) in [6.07, 6.45) is 2.87. The Morgan fingerprint density at radius 1 is 1.12 bits per heavy atom. The van der Waals surface area contributed by atoms with E-state index >= 15 is 0 Å². The molecule has 0 saturated carbocycles.